The Kier molecular flexibility index (Phi) is 5.62. The summed E-state index contributed by atoms with van der Waals surface area (Å²) in [5.74, 6) is -2.19. The third-order valence-corrected chi connectivity index (χ3v) is 3.29. The number of carbonyl (C=O) groups is 2. The number of oxime groups is 1. The lowest BCUT2D eigenvalue weighted by atomic mass is 10.1. The molecule has 0 saturated carbocycles. The van der Waals surface area contributed by atoms with E-state index in [2.05, 4.69) is 10.5 Å². The highest BCUT2D eigenvalue weighted by atomic mass is 19.1. The first-order chi connectivity index (χ1) is 11.5. The molecule has 0 fully saturated rings. The molecule has 0 atom stereocenters. The monoisotopic (exact) mass is 330 g/mol. The van der Waals surface area contributed by atoms with Gasteiger partial charge in [-0.15, -0.1) is 0 Å². The highest BCUT2D eigenvalue weighted by Gasteiger charge is 2.12. The van der Waals surface area contributed by atoms with Crippen LogP contribution in [0.1, 0.15) is 28.8 Å². The second-order valence-corrected chi connectivity index (χ2v) is 4.95. The van der Waals surface area contributed by atoms with Gasteiger partial charge in [0.2, 0.25) is 0 Å². The van der Waals surface area contributed by atoms with Crippen LogP contribution in [-0.4, -0.2) is 27.9 Å². The number of hydrogen-bond acceptors (Lipinski definition) is 4. The van der Waals surface area contributed by atoms with Crippen molar-refractivity contribution < 1.29 is 24.3 Å². The van der Waals surface area contributed by atoms with Crippen LogP contribution in [0.4, 0.5) is 10.1 Å². The first-order valence-corrected chi connectivity index (χ1v) is 7.10. The summed E-state index contributed by atoms with van der Waals surface area (Å²) in [7, 11) is 0. The standard InChI is InChI=1S/C17H15FN2O4/c18-14-4-2-1-3-13(14)17(23)19-12-7-5-11(6-8-12)15(20-24)9-10-16(21)22/h1-8,24H,9-10H2,(H,19,23)(H,21,22)/b20-15-. The molecule has 1 amide bonds. The van der Waals surface area contributed by atoms with Gasteiger partial charge in [0.05, 0.1) is 17.7 Å². The normalized spacial score (nSPS) is 11.1. The lowest BCUT2D eigenvalue weighted by Gasteiger charge is -2.08. The van der Waals surface area contributed by atoms with Crippen LogP contribution in [0.25, 0.3) is 0 Å². The molecule has 0 aromatic heterocycles. The fraction of sp³-hybridized carbons (Fsp3) is 0.118. The van der Waals surface area contributed by atoms with Crippen LogP contribution in [-0.2, 0) is 4.79 Å². The predicted octanol–water partition coefficient (Wildman–Crippen LogP) is 3.12. The minimum absolute atomic E-state index is 0.0688. The molecule has 7 heteroatoms. The Morgan fingerprint density at radius 3 is 2.29 bits per heavy atom. The summed E-state index contributed by atoms with van der Waals surface area (Å²) in [4.78, 5) is 22.6. The Bertz CT molecular complexity index is 772. The Balaban J connectivity index is 2.08. The van der Waals surface area contributed by atoms with Gasteiger partial charge in [-0.05, 0) is 29.8 Å². The van der Waals surface area contributed by atoms with Gasteiger partial charge in [-0.3, -0.25) is 9.59 Å². The first-order valence-electron chi connectivity index (χ1n) is 7.10. The number of nitrogens with zero attached hydrogens (tertiary/aromatic N) is 1. The van der Waals surface area contributed by atoms with Crippen molar-refractivity contribution in [3.05, 3.63) is 65.5 Å². The van der Waals surface area contributed by atoms with E-state index >= 15 is 0 Å². The molecular formula is C17H15FN2O4. The van der Waals surface area contributed by atoms with Gasteiger partial charge in [0.25, 0.3) is 5.91 Å². The highest BCUT2D eigenvalue weighted by molar-refractivity contribution is 6.05. The fourth-order valence-corrected chi connectivity index (χ4v) is 2.07. The summed E-state index contributed by atoms with van der Waals surface area (Å²) in [5.41, 5.74) is 1.12. The number of amides is 1. The number of carbonyl (C=O) groups excluding carboxylic acids is 1. The molecule has 0 aliphatic heterocycles. The van der Waals surface area contributed by atoms with E-state index in [1.807, 2.05) is 0 Å². The van der Waals surface area contributed by atoms with Crippen molar-refractivity contribution in [1.82, 2.24) is 0 Å². The topological polar surface area (TPSA) is 99.0 Å². The molecule has 2 aromatic carbocycles. The van der Waals surface area contributed by atoms with Gasteiger partial charge in [-0.1, -0.05) is 29.4 Å². The van der Waals surface area contributed by atoms with Crippen LogP contribution in [0.2, 0.25) is 0 Å². The third kappa shape index (κ3) is 4.39. The third-order valence-electron chi connectivity index (χ3n) is 3.29. The number of carboxylic acids is 1. The smallest absolute Gasteiger partial charge is 0.303 e. The molecule has 3 N–H and O–H groups in total. The summed E-state index contributed by atoms with van der Waals surface area (Å²) in [6.45, 7) is 0. The van der Waals surface area contributed by atoms with Crippen molar-refractivity contribution in [3.8, 4) is 0 Å². The van der Waals surface area contributed by atoms with Crippen LogP contribution in [0.5, 0.6) is 0 Å². The number of rotatable bonds is 6. The summed E-state index contributed by atoms with van der Waals surface area (Å²) in [6.07, 6.45) is -0.0854. The van der Waals surface area contributed by atoms with Crippen molar-refractivity contribution in [2.75, 3.05) is 5.32 Å². The molecule has 0 radical (unpaired) electrons. The highest BCUT2D eigenvalue weighted by Crippen LogP contribution is 2.15. The van der Waals surface area contributed by atoms with Crippen LogP contribution in [0.15, 0.2) is 53.7 Å². The Labute approximate surface area is 137 Å². The van der Waals surface area contributed by atoms with Crippen molar-refractivity contribution in [2.24, 2.45) is 5.16 Å². The van der Waals surface area contributed by atoms with Crippen LogP contribution in [0, 0.1) is 5.82 Å². The predicted molar refractivity (Wildman–Crippen MR) is 86.0 cm³/mol. The molecule has 0 aliphatic rings. The van der Waals surface area contributed by atoms with E-state index in [-0.39, 0.29) is 24.1 Å². The van der Waals surface area contributed by atoms with Crippen molar-refractivity contribution in [2.45, 2.75) is 12.8 Å². The first kappa shape index (κ1) is 17.1. The van der Waals surface area contributed by atoms with Crippen LogP contribution in [0.3, 0.4) is 0 Å². The largest absolute Gasteiger partial charge is 0.481 e. The average molecular weight is 330 g/mol. The Morgan fingerprint density at radius 2 is 1.71 bits per heavy atom. The van der Waals surface area contributed by atoms with E-state index in [1.165, 1.54) is 18.2 Å². The second-order valence-electron chi connectivity index (χ2n) is 4.95. The summed E-state index contributed by atoms with van der Waals surface area (Å²) in [5, 5.41) is 23.3. The number of benzene rings is 2. The molecule has 0 bridgehead atoms. The number of nitrogens with one attached hydrogen (secondary N) is 1. The zero-order valence-corrected chi connectivity index (χ0v) is 12.6. The van der Waals surface area contributed by atoms with E-state index in [1.54, 1.807) is 30.3 Å². The van der Waals surface area contributed by atoms with Gasteiger partial charge in [-0.25, -0.2) is 4.39 Å². The molecule has 0 heterocycles. The minimum atomic E-state index is -0.995. The van der Waals surface area contributed by atoms with Gasteiger partial charge >= 0.3 is 5.97 Å². The summed E-state index contributed by atoms with van der Waals surface area (Å²) in [6, 6.07) is 11.9. The number of anilines is 1. The molecule has 0 saturated heterocycles. The van der Waals surface area contributed by atoms with Gasteiger partial charge < -0.3 is 15.6 Å². The Hall–Kier alpha value is -3.22. The molecule has 0 spiro atoms. The molecule has 24 heavy (non-hydrogen) atoms. The lowest BCUT2D eigenvalue weighted by molar-refractivity contribution is -0.136. The van der Waals surface area contributed by atoms with Gasteiger partial charge in [0, 0.05) is 12.1 Å². The molecule has 0 aliphatic carbocycles. The molecule has 124 valence electrons. The van der Waals surface area contributed by atoms with Crippen molar-refractivity contribution in [3.63, 3.8) is 0 Å². The number of carboxylic acid groups (broad SMARTS) is 1. The summed E-state index contributed by atoms with van der Waals surface area (Å²) < 4.78 is 13.6. The molecular weight excluding hydrogens is 315 g/mol. The van der Waals surface area contributed by atoms with Gasteiger partial charge in [0.15, 0.2) is 0 Å². The maximum atomic E-state index is 13.6. The van der Waals surface area contributed by atoms with Crippen LogP contribution < -0.4 is 5.32 Å². The van der Waals surface area contributed by atoms with E-state index in [4.69, 9.17) is 10.3 Å². The van der Waals surface area contributed by atoms with E-state index < -0.39 is 17.7 Å². The fourth-order valence-electron chi connectivity index (χ4n) is 2.07. The molecule has 2 aromatic rings. The summed E-state index contributed by atoms with van der Waals surface area (Å²) >= 11 is 0. The quantitative estimate of drug-likeness (QED) is 0.430. The second kappa shape index (κ2) is 7.87. The Morgan fingerprint density at radius 1 is 1.04 bits per heavy atom. The average Bonchev–Trinajstić information content (AvgIpc) is 2.57. The van der Waals surface area contributed by atoms with E-state index in [0.29, 0.717) is 11.3 Å². The van der Waals surface area contributed by atoms with Gasteiger partial charge in [-0.2, -0.15) is 0 Å². The zero-order valence-electron chi connectivity index (χ0n) is 12.6. The van der Waals surface area contributed by atoms with Crippen LogP contribution >= 0.6 is 0 Å². The minimum Gasteiger partial charge on any atom is -0.481 e. The molecule has 2 rings (SSSR count). The lowest BCUT2D eigenvalue weighted by Crippen LogP contribution is -2.13. The maximum Gasteiger partial charge on any atom is 0.303 e. The SMILES string of the molecule is O=C(O)CC/C(=N/O)c1ccc(NC(=O)c2ccccc2F)cc1. The number of halogens is 1. The van der Waals surface area contributed by atoms with Crippen molar-refractivity contribution in [1.29, 1.82) is 0 Å². The molecule has 0 unspecified atom stereocenters. The van der Waals surface area contributed by atoms with E-state index in [0.717, 1.165) is 0 Å². The number of aliphatic carboxylic acids is 1. The van der Waals surface area contributed by atoms with Gasteiger partial charge in [0.1, 0.15) is 5.82 Å². The van der Waals surface area contributed by atoms with E-state index in [9.17, 15) is 14.0 Å². The molecule has 6 nitrogen and oxygen atoms in total. The maximum absolute atomic E-state index is 13.6. The zero-order chi connectivity index (χ0) is 17.5. The van der Waals surface area contributed by atoms with Crippen molar-refractivity contribution >= 4 is 23.3 Å². The number of hydrogen-bond donors (Lipinski definition) is 3.